The summed E-state index contributed by atoms with van der Waals surface area (Å²) in [6, 6.07) is 10.6. The van der Waals surface area contributed by atoms with Gasteiger partial charge >= 0.3 is 5.97 Å². The van der Waals surface area contributed by atoms with Crippen molar-refractivity contribution >= 4 is 62.2 Å². The van der Waals surface area contributed by atoms with Crippen molar-refractivity contribution in [3.8, 4) is 16.9 Å². The molecule has 0 aliphatic carbocycles. The monoisotopic (exact) mass is 554 g/mol. The third-order valence-corrected chi connectivity index (χ3v) is 7.85. The van der Waals surface area contributed by atoms with Gasteiger partial charge in [-0.15, -0.1) is 0 Å². The van der Waals surface area contributed by atoms with Crippen LogP contribution in [-0.2, 0) is 14.8 Å². The molecule has 3 aromatic rings. The standard InChI is InChI=1S/C23H21Cl3N4O4S/c1-12(2)19(23(31)32)27-17-11-35(33,34)29(3)22-20(17)28-30(18-9-8-15(25)10-16(18)26)21(22)13-4-6-14(24)7-5-13/h4-12,19,27H,1-3H3,(H,31,32). The molecular formula is C23H21Cl3N4O4S. The Hall–Kier alpha value is -2.72. The molecule has 2 heterocycles. The summed E-state index contributed by atoms with van der Waals surface area (Å²) in [5.41, 5.74) is 2.09. The molecule has 0 fully saturated rings. The molecule has 2 aromatic carbocycles. The number of aliphatic carboxylic acids is 1. The zero-order valence-corrected chi connectivity index (χ0v) is 21.9. The number of hydrogen-bond donors (Lipinski definition) is 2. The molecule has 4 rings (SSSR count). The van der Waals surface area contributed by atoms with Crippen molar-refractivity contribution in [2.45, 2.75) is 19.9 Å². The molecule has 2 N–H and O–H groups in total. The zero-order chi connectivity index (χ0) is 25.7. The van der Waals surface area contributed by atoms with E-state index in [0.29, 0.717) is 32.0 Å². The SMILES string of the molecule is CC(C)C(NC1=CS(=O)(=O)N(C)c2c1nn(-c1ccc(Cl)cc1Cl)c2-c1ccc(Cl)cc1)C(=O)O. The van der Waals surface area contributed by atoms with Gasteiger partial charge < -0.3 is 10.4 Å². The summed E-state index contributed by atoms with van der Waals surface area (Å²) < 4.78 is 28.9. The number of halogens is 3. The van der Waals surface area contributed by atoms with Crippen LogP contribution in [0.1, 0.15) is 19.5 Å². The second kappa shape index (κ2) is 9.39. The van der Waals surface area contributed by atoms with E-state index in [1.807, 2.05) is 0 Å². The van der Waals surface area contributed by atoms with E-state index in [1.165, 1.54) is 11.7 Å². The number of benzene rings is 2. The minimum atomic E-state index is -3.96. The first-order valence-corrected chi connectivity index (χ1v) is 13.1. The second-order valence-corrected chi connectivity index (χ2v) is 11.4. The van der Waals surface area contributed by atoms with Gasteiger partial charge in [-0.2, -0.15) is 5.10 Å². The average molecular weight is 556 g/mol. The number of fused-ring (bicyclic) bond motifs is 1. The van der Waals surface area contributed by atoms with Crippen LogP contribution in [0.3, 0.4) is 0 Å². The summed E-state index contributed by atoms with van der Waals surface area (Å²) in [7, 11) is -2.55. The maximum absolute atomic E-state index is 13.1. The molecule has 8 nitrogen and oxygen atoms in total. The van der Waals surface area contributed by atoms with Crippen molar-refractivity contribution in [1.82, 2.24) is 15.1 Å². The number of carboxylic acid groups (broad SMARTS) is 1. The first-order valence-electron chi connectivity index (χ1n) is 10.5. The quantitative estimate of drug-likeness (QED) is 0.429. The van der Waals surface area contributed by atoms with Crippen molar-refractivity contribution < 1.29 is 18.3 Å². The first-order chi connectivity index (χ1) is 16.4. The van der Waals surface area contributed by atoms with Crippen LogP contribution in [0.5, 0.6) is 0 Å². The number of hydrogen-bond acceptors (Lipinski definition) is 5. The molecular weight excluding hydrogens is 535 g/mol. The molecule has 12 heteroatoms. The van der Waals surface area contributed by atoms with Gasteiger partial charge in [0.15, 0.2) is 0 Å². The van der Waals surface area contributed by atoms with Gasteiger partial charge in [0.25, 0.3) is 10.0 Å². The third kappa shape index (κ3) is 4.73. The van der Waals surface area contributed by atoms with Gasteiger partial charge in [-0.1, -0.05) is 60.8 Å². The van der Waals surface area contributed by atoms with Gasteiger partial charge in [-0.25, -0.2) is 17.9 Å². The van der Waals surface area contributed by atoms with Gasteiger partial charge in [-0.05, 0) is 36.2 Å². The highest BCUT2D eigenvalue weighted by molar-refractivity contribution is 7.95. The number of anilines is 1. The Kier molecular flexibility index (Phi) is 6.80. The number of rotatable bonds is 6. The minimum absolute atomic E-state index is 0.0678. The molecule has 0 saturated heterocycles. The summed E-state index contributed by atoms with van der Waals surface area (Å²) >= 11 is 18.7. The van der Waals surface area contributed by atoms with Crippen LogP contribution >= 0.6 is 34.8 Å². The van der Waals surface area contributed by atoms with E-state index in [0.717, 1.165) is 9.71 Å². The number of sulfonamides is 1. The second-order valence-electron chi connectivity index (χ2n) is 8.31. The third-order valence-electron chi connectivity index (χ3n) is 5.58. The Morgan fingerprint density at radius 1 is 1.06 bits per heavy atom. The number of aromatic nitrogens is 2. The molecule has 0 saturated carbocycles. The fourth-order valence-corrected chi connectivity index (χ4v) is 5.46. The highest BCUT2D eigenvalue weighted by Crippen LogP contribution is 2.43. The maximum atomic E-state index is 13.1. The number of nitrogens with zero attached hydrogens (tertiary/aromatic N) is 3. The topological polar surface area (TPSA) is 105 Å². The predicted octanol–water partition coefficient (Wildman–Crippen LogP) is 5.28. The lowest BCUT2D eigenvalue weighted by atomic mass is 10.0. The van der Waals surface area contributed by atoms with Crippen molar-refractivity contribution in [3.63, 3.8) is 0 Å². The van der Waals surface area contributed by atoms with Crippen molar-refractivity contribution in [1.29, 1.82) is 0 Å². The average Bonchev–Trinajstić information content (AvgIpc) is 3.15. The summed E-state index contributed by atoms with van der Waals surface area (Å²) in [5, 5.41) is 19.5. The summed E-state index contributed by atoms with van der Waals surface area (Å²) in [6.45, 7) is 3.45. The lowest BCUT2D eigenvalue weighted by molar-refractivity contribution is -0.140. The maximum Gasteiger partial charge on any atom is 0.326 e. The Morgan fingerprint density at radius 3 is 2.26 bits per heavy atom. The van der Waals surface area contributed by atoms with E-state index in [4.69, 9.17) is 39.9 Å². The smallest absolute Gasteiger partial charge is 0.326 e. The van der Waals surface area contributed by atoms with Crippen LogP contribution in [0.15, 0.2) is 47.9 Å². The van der Waals surface area contributed by atoms with E-state index < -0.39 is 22.0 Å². The zero-order valence-electron chi connectivity index (χ0n) is 18.8. The lowest BCUT2D eigenvalue weighted by Gasteiger charge is -2.27. The largest absolute Gasteiger partial charge is 0.480 e. The molecule has 0 radical (unpaired) electrons. The van der Waals surface area contributed by atoms with Crippen molar-refractivity contribution in [3.05, 3.63) is 68.6 Å². The van der Waals surface area contributed by atoms with Gasteiger partial charge in [0.05, 0.1) is 27.5 Å². The van der Waals surface area contributed by atoms with Crippen LogP contribution in [0.4, 0.5) is 5.69 Å². The highest BCUT2D eigenvalue weighted by atomic mass is 35.5. The highest BCUT2D eigenvalue weighted by Gasteiger charge is 2.37. The molecule has 1 aliphatic heterocycles. The van der Waals surface area contributed by atoms with E-state index in [1.54, 1.807) is 56.3 Å². The van der Waals surface area contributed by atoms with Gasteiger partial charge in [0.1, 0.15) is 17.4 Å². The molecule has 184 valence electrons. The Morgan fingerprint density at radius 2 is 1.69 bits per heavy atom. The minimum Gasteiger partial charge on any atom is -0.480 e. The van der Waals surface area contributed by atoms with E-state index >= 15 is 0 Å². The molecule has 0 amide bonds. The Labute approximate surface area is 217 Å². The molecule has 1 atom stereocenters. The van der Waals surface area contributed by atoms with E-state index in [2.05, 4.69) is 5.32 Å². The molecule has 1 aliphatic rings. The number of nitrogens with one attached hydrogen (secondary N) is 1. The van der Waals surface area contributed by atoms with Gasteiger partial charge in [-0.3, -0.25) is 4.31 Å². The normalized spacial score (nSPS) is 15.5. The molecule has 1 unspecified atom stereocenters. The molecule has 35 heavy (non-hydrogen) atoms. The summed E-state index contributed by atoms with van der Waals surface area (Å²) in [5.74, 6) is -1.44. The first kappa shape index (κ1) is 25.4. The predicted molar refractivity (Wildman–Crippen MR) is 139 cm³/mol. The van der Waals surface area contributed by atoms with Gasteiger partial charge in [0, 0.05) is 22.7 Å². The van der Waals surface area contributed by atoms with Crippen molar-refractivity contribution in [2.75, 3.05) is 11.4 Å². The molecule has 0 spiro atoms. The van der Waals surface area contributed by atoms with Crippen LogP contribution in [0, 0.1) is 5.92 Å². The van der Waals surface area contributed by atoms with Crippen LogP contribution < -0.4 is 9.62 Å². The number of carboxylic acids is 1. The Balaban J connectivity index is 2.04. The number of carbonyl (C=O) groups is 1. The fourth-order valence-electron chi connectivity index (χ4n) is 3.78. The van der Waals surface area contributed by atoms with E-state index in [9.17, 15) is 18.3 Å². The van der Waals surface area contributed by atoms with Gasteiger partial charge in [0.2, 0.25) is 0 Å². The fraction of sp³-hybridized carbons (Fsp3) is 0.217. The molecule has 1 aromatic heterocycles. The van der Waals surface area contributed by atoms with E-state index in [-0.39, 0.29) is 23.0 Å². The summed E-state index contributed by atoms with van der Waals surface area (Å²) in [6.07, 6.45) is 0. The van der Waals surface area contributed by atoms with Crippen molar-refractivity contribution in [2.24, 2.45) is 5.92 Å². The molecule has 0 bridgehead atoms. The van der Waals surface area contributed by atoms with Crippen LogP contribution in [0.25, 0.3) is 22.6 Å². The van der Waals surface area contributed by atoms with Crippen LogP contribution in [0.2, 0.25) is 15.1 Å². The summed E-state index contributed by atoms with van der Waals surface area (Å²) in [4.78, 5) is 11.9. The lowest BCUT2D eigenvalue weighted by Crippen LogP contribution is -2.41. The van der Waals surface area contributed by atoms with Crippen LogP contribution in [-0.4, -0.2) is 42.4 Å². The Bertz CT molecular complexity index is 1450.